The van der Waals surface area contributed by atoms with Gasteiger partial charge in [-0.25, -0.2) is 5.48 Å². The zero-order valence-electron chi connectivity index (χ0n) is 16.4. The number of hydroxylamine groups is 1. The molecule has 3 rings (SSSR count). The molecule has 3 aromatic rings. The summed E-state index contributed by atoms with van der Waals surface area (Å²) in [5.41, 5.74) is 4.31. The number of nitrogens with one attached hydrogen (secondary N) is 2. The third-order valence-electron chi connectivity index (χ3n) is 4.06. The van der Waals surface area contributed by atoms with Crippen LogP contribution in [0.2, 0.25) is 0 Å². The highest BCUT2D eigenvalue weighted by Gasteiger charge is 2.38. The molecule has 0 saturated carbocycles. The number of hydrogen-bond acceptors (Lipinski definition) is 7. The maximum Gasteiger partial charge on any atom is 0.471 e. The highest BCUT2D eigenvalue weighted by Crippen LogP contribution is 2.29. The van der Waals surface area contributed by atoms with E-state index in [-0.39, 0.29) is 11.7 Å². The number of nitrogens with zero attached hydrogens (tertiary/aromatic N) is 2. The van der Waals surface area contributed by atoms with Crippen LogP contribution in [0.5, 0.6) is 5.75 Å². The van der Waals surface area contributed by atoms with Crippen LogP contribution in [0.3, 0.4) is 0 Å². The third kappa shape index (κ3) is 6.27. The van der Waals surface area contributed by atoms with Gasteiger partial charge in [0, 0.05) is 24.2 Å². The number of amides is 1. The summed E-state index contributed by atoms with van der Waals surface area (Å²) in [5, 5.41) is 6.00. The fourth-order valence-electron chi connectivity index (χ4n) is 2.52. The first kappa shape index (κ1) is 22.2. The summed E-state index contributed by atoms with van der Waals surface area (Å²) >= 11 is 0. The molecule has 0 aliphatic heterocycles. The first-order valence-electron chi connectivity index (χ1n) is 9.14. The lowest BCUT2D eigenvalue weighted by molar-refractivity contribution is -0.159. The van der Waals surface area contributed by atoms with Crippen LogP contribution in [0.15, 0.2) is 53.1 Å². The molecule has 31 heavy (non-hydrogen) atoms. The lowest BCUT2D eigenvalue weighted by Crippen LogP contribution is -2.31. The highest BCUT2D eigenvalue weighted by molar-refractivity contribution is 5.94. The molecular formula is C20H19F3N4O4. The van der Waals surface area contributed by atoms with E-state index in [0.717, 1.165) is 11.3 Å². The van der Waals surface area contributed by atoms with E-state index in [1.54, 1.807) is 7.11 Å². The Morgan fingerprint density at radius 3 is 2.58 bits per heavy atom. The van der Waals surface area contributed by atoms with Gasteiger partial charge in [-0.1, -0.05) is 29.4 Å². The van der Waals surface area contributed by atoms with Gasteiger partial charge in [0.05, 0.1) is 13.7 Å². The molecule has 1 amide bonds. The van der Waals surface area contributed by atoms with E-state index < -0.39 is 12.1 Å². The molecule has 0 aliphatic rings. The van der Waals surface area contributed by atoms with Crippen LogP contribution in [-0.4, -0.2) is 36.2 Å². The summed E-state index contributed by atoms with van der Waals surface area (Å²) in [5.74, 6) is -1.24. The second kappa shape index (κ2) is 10.0. The van der Waals surface area contributed by atoms with Gasteiger partial charge in [-0.15, -0.1) is 0 Å². The summed E-state index contributed by atoms with van der Waals surface area (Å²) in [6, 6.07) is 13.2. The maximum atomic E-state index is 12.5. The van der Waals surface area contributed by atoms with Crippen molar-refractivity contribution in [2.45, 2.75) is 12.8 Å². The molecule has 164 valence electrons. The van der Waals surface area contributed by atoms with Crippen LogP contribution in [-0.2, 0) is 17.6 Å². The second-order valence-electron chi connectivity index (χ2n) is 6.29. The summed E-state index contributed by atoms with van der Waals surface area (Å²) in [4.78, 5) is 20.8. The molecule has 11 heteroatoms. The number of alkyl halides is 3. The number of aromatic nitrogens is 2. The maximum absolute atomic E-state index is 12.5. The third-order valence-corrected chi connectivity index (χ3v) is 4.06. The van der Waals surface area contributed by atoms with Crippen LogP contribution < -0.4 is 15.5 Å². The van der Waals surface area contributed by atoms with Gasteiger partial charge in [0.1, 0.15) is 5.75 Å². The molecule has 0 aliphatic carbocycles. The molecule has 0 unspecified atom stereocenters. The van der Waals surface area contributed by atoms with Crippen molar-refractivity contribution in [2.75, 3.05) is 20.2 Å². The van der Waals surface area contributed by atoms with Crippen molar-refractivity contribution < 1.29 is 32.1 Å². The molecule has 1 aromatic heterocycles. The fraction of sp³-hybridized carbons (Fsp3) is 0.250. The number of hydrogen-bond donors (Lipinski definition) is 2. The van der Waals surface area contributed by atoms with Gasteiger partial charge in [-0.3, -0.25) is 9.63 Å². The largest absolute Gasteiger partial charge is 0.497 e. The average molecular weight is 436 g/mol. The van der Waals surface area contributed by atoms with Gasteiger partial charge in [0.25, 0.3) is 5.91 Å². The molecule has 0 fully saturated rings. The van der Waals surface area contributed by atoms with E-state index in [1.807, 2.05) is 24.3 Å². The van der Waals surface area contributed by atoms with Gasteiger partial charge >= 0.3 is 12.1 Å². The van der Waals surface area contributed by atoms with Crippen molar-refractivity contribution in [2.24, 2.45) is 0 Å². The monoisotopic (exact) mass is 436 g/mol. The molecule has 0 radical (unpaired) electrons. The van der Waals surface area contributed by atoms with Gasteiger partial charge in [0.15, 0.2) is 0 Å². The van der Waals surface area contributed by atoms with Crippen LogP contribution in [0.25, 0.3) is 11.4 Å². The van der Waals surface area contributed by atoms with Gasteiger partial charge in [-0.05, 0) is 29.8 Å². The Kier molecular flexibility index (Phi) is 7.21. The lowest BCUT2D eigenvalue weighted by Gasteiger charge is -2.08. The first-order chi connectivity index (χ1) is 14.9. The van der Waals surface area contributed by atoms with Crippen LogP contribution in [0.1, 0.15) is 21.8 Å². The van der Waals surface area contributed by atoms with Crippen LogP contribution in [0, 0.1) is 0 Å². The standard InChI is InChI=1S/C20H19F3N4O4/c1-29-16-4-2-3-13(11-16)12-30-25-10-9-24-18(28)15-7-5-14(6-8-15)17-26-19(31-27-17)20(21,22)23/h2-8,11,25H,9-10,12H2,1H3,(H,24,28). The molecule has 1 heterocycles. The Bertz CT molecular complexity index is 1010. The topological polar surface area (TPSA) is 98.5 Å². The zero-order chi connectivity index (χ0) is 22.3. The minimum atomic E-state index is -4.71. The number of methoxy groups -OCH3 is 1. The summed E-state index contributed by atoms with van der Waals surface area (Å²) in [6.45, 7) is 1.01. The minimum Gasteiger partial charge on any atom is -0.497 e. The Morgan fingerprint density at radius 1 is 1.13 bits per heavy atom. The SMILES string of the molecule is COc1cccc(CONCCNC(=O)c2ccc(-c3noc(C(F)(F)F)n3)cc2)c1. The number of rotatable bonds is 9. The number of ether oxygens (including phenoxy) is 1. The summed E-state index contributed by atoms with van der Waals surface area (Å²) in [6.07, 6.45) is -4.71. The number of benzene rings is 2. The molecule has 0 atom stereocenters. The van der Waals surface area contributed by atoms with E-state index in [2.05, 4.69) is 25.5 Å². The summed E-state index contributed by atoms with van der Waals surface area (Å²) < 4.78 is 46.9. The minimum absolute atomic E-state index is 0.211. The molecule has 2 aromatic carbocycles. The quantitative estimate of drug-likeness (QED) is 0.393. The predicted molar refractivity (Wildman–Crippen MR) is 103 cm³/mol. The normalized spacial score (nSPS) is 11.4. The molecule has 8 nitrogen and oxygen atoms in total. The first-order valence-corrected chi connectivity index (χ1v) is 9.14. The number of carbonyl (C=O) groups excluding carboxylic acids is 1. The molecule has 0 saturated heterocycles. The Morgan fingerprint density at radius 2 is 1.90 bits per heavy atom. The number of carbonyl (C=O) groups is 1. The second-order valence-corrected chi connectivity index (χ2v) is 6.29. The highest BCUT2D eigenvalue weighted by atomic mass is 19.4. The van der Waals surface area contributed by atoms with E-state index in [9.17, 15) is 18.0 Å². The molecule has 0 spiro atoms. The van der Waals surface area contributed by atoms with Gasteiger partial charge < -0.3 is 14.6 Å². The van der Waals surface area contributed by atoms with Gasteiger partial charge in [0.2, 0.25) is 5.82 Å². The molecule has 2 N–H and O–H groups in total. The van der Waals surface area contributed by atoms with Crippen molar-refractivity contribution in [1.82, 2.24) is 20.9 Å². The average Bonchev–Trinajstić information content (AvgIpc) is 3.27. The Balaban J connectivity index is 1.41. The summed E-state index contributed by atoms with van der Waals surface area (Å²) in [7, 11) is 1.59. The van der Waals surface area contributed by atoms with E-state index in [0.29, 0.717) is 30.8 Å². The van der Waals surface area contributed by atoms with Crippen molar-refractivity contribution in [3.8, 4) is 17.1 Å². The lowest BCUT2D eigenvalue weighted by atomic mass is 10.1. The fourth-order valence-corrected chi connectivity index (χ4v) is 2.52. The van der Waals surface area contributed by atoms with Crippen LogP contribution >= 0.6 is 0 Å². The smallest absolute Gasteiger partial charge is 0.471 e. The zero-order valence-corrected chi connectivity index (χ0v) is 16.4. The molecule has 0 bridgehead atoms. The molecular weight excluding hydrogens is 417 g/mol. The predicted octanol–water partition coefficient (Wildman–Crippen LogP) is 3.22. The van der Waals surface area contributed by atoms with E-state index in [1.165, 1.54) is 24.3 Å². The van der Waals surface area contributed by atoms with Crippen molar-refractivity contribution in [1.29, 1.82) is 0 Å². The Labute approximate surface area is 175 Å². The van der Waals surface area contributed by atoms with Crippen molar-refractivity contribution in [3.63, 3.8) is 0 Å². The van der Waals surface area contributed by atoms with Crippen molar-refractivity contribution >= 4 is 5.91 Å². The van der Waals surface area contributed by atoms with Crippen LogP contribution in [0.4, 0.5) is 13.2 Å². The van der Waals surface area contributed by atoms with E-state index in [4.69, 9.17) is 9.57 Å². The van der Waals surface area contributed by atoms with E-state index >= 15 is 0 Å². The Hall–Kier alpha value is -3.44. The van der Waals surface area contributed by atoms with Gasteiger partial charge in [-0.2, -0.15) is 18.2 Å². The van der Waals surface area contributed by atoms with Crippen molar-refractivity contribution in [3.05, 3.63) is 65.5 Å². The number of halogens is 3.